The third-order valence-corrected chi connectivity index (χ3v) is 3.90. The predicted octanol–water partition coefficient (Wildman–Crippen LogP) is 3.42. The summed E-state index contributed by atoms with van der Waals surface area (Å²) < 4.78 is 37.4. The average molecular weight is 452 g/mol. The highest BCUT2D eigenvalue weighted by Gasteiger charge is 2.35. The van der Waals surface area contributed by atoms with Crippen molar-refractivity contribution in [3.8, 4) is 12.3 Å². The molecule has 31 heavy (non-hydrogen) atoms. The maximum Gasteiger partial charge on any atom is 0.417 e. The molecule has 2 aromatic rings. The van der Waals surface area contributed by atoms with Crippen molar-refractivity contribution in [2.75, 3.05) is 13.6 Å². The number of nitrogens with zero attached hydrogens (tertiary/aromatic N) is 6. The van der Waals surface area contributed by atoms with Crippen molar-refractivity contribution in [1.29, 1.82) is 10.5 Å². The van der Waals surface area contributed by atoms with Crippen molar-refractivity contribution in [2.24, 2.45) is 4.99 Å². The van der Waals surface area contributed by atoms with Gasteiger partial charge in [-0.15, -0.1) is 0 Å². The minimum atomic E-state index is -4.62. The number of pyridine rings is 2. The van der Waals surface area contributed by atoms with Gasteiger partial charge < -0.3 is 10.2 Å². The zero-order valence-electron chi connectivity index (χ0n) is 16.5. The first kappa shape index (κ1) is 25.3. The molecule has 2 rings (SSSR count). The van der Waals surface area contributed by atoms with Crippen LogP contribution < -0.4 is 5.32 Å². The van der Waals surface area contributed by atoms with Crippen LogP contribution in [0.3, 0.4) is 0 Å². The van der Waals surface area contributed by atoms with Crippen LogP contribution in [0.25, 0.3) is 0 Å². The Morgan fingerprint density at radius 1 is 1.29 bits per heavy atom. The summed E-state index contributed by atoms with van der Waals surface area (Å²) in [4.78, 5) is 24.2. The number of rotatable bonds is 4. The molecule has 0 aliphatic carbocycles. The molecular formula is C19H17ClF3N7O. The van der Waals surface area contributed by atoms with Crippen molar-refractivity contribution in [2.45, 2.75) is 19.6 Å². The Hall–Kier alpha value is -3.70. The normalized spacial score (nSPS) is 10.8. The van der Waals surface area contributed by atoms with Crippen molar-refractivity contribution in [1.82, 2.24) is 20.2 Å². The highest BCUT2D eigenvalue weighted by atomic mass is 35.5. The zero-order valence-corrected chi connectivity index (χ0v) is 17.2. The van der Waals surface area contributed by atoms with Gasteiger partial charge in [-0.2, -0.15) is 28.7 Å². The van der Waals surface area contributed by atoms with E-state index in [1.807, 2.05) is 23.3 Å². The molecule has 8 nitrogen and oxygen atoms in total. The van der Waals surface area contributed by atoms with E-state index in [0.717, 1.165) is 18.0 Å². The monoisotopic (exact) mass is 451 g/mol. The van der Waals surface area contributed by atoms with Gasteiger partial charge in [-0.05, 0) is 24.6 Å². The number of hydrogen-bond donors (Lipinski definition) is 1. The molecule has 12 heteroatoms. The second-order valence-corrected chi connectivity index (χ2v) is 6.25. The maximum absolute atomic E-state index is 12.5. The van der Waals surface area contributed by atoms with E-state index >= 15 is 0 Å². The van der Waals surface area contributed by atoms with Gasteiger partial charge in [-0.1, -0.05) is 17.7 Å². The van der Waals surface area contributed by atoms with E-state index in [1.165, 1.54) is 0 Å². The van der Waals surface area contributed by atoms with Gasteiger partial charge >= 0.3 is 6.18 Å². The molecule has 2 aromatic heterocycles. The van der Waals surface area contributed by atoms with Crippen LogP contribution in [0, 0.1) is 22.8 Å². The summed E-state index contributed by atoms with van der Waals surface area (Å²) in [6.07, 6.45) is 0.600. The summed E-state index contributed by atoms with van der Waals surface area (Å²) in [6.45, 7) is 2.08. The highest BCUT2D eigenvalue weighted by molar-refractivity contribution is 6.29. The molecule has 162 valence electrons. The number of nitrogens with one attached hydrogen (secondary N) is 1. The maximum atomic E-state index is 12.5. The zero-order chi connectivity index (χ0) is 23.4. The molecule has 0 unspecified atom stereocenters. The fourth-order valence-corrected chi connectivity index (χ4v) is 2.20. The first-order valence-corrected chi connectivity index (χ1v) is 8.89. The van der Waals surface area contributed by atoms with Crippen molar-refractivity contribution >= 4 is 23.3 Å². The quantitative estimate of drug-likeness (QED) is 0.250. The van der Waals surface area contributed by atoms with Crippen LogP contribution in [0.15, 0.2) is 41.8 Å². The number of hydrogen-bond acceptors (Lipinski definition) is 6. The summed E-state index contributed by atoms with van der Waals surface area (Å²) in [6, 6.07) is 5.93. The highest BCUT2D eigenvalue weighted by Crippen LogP contribution is 2.31. The number of aromatic nitrogens is 2. The van der Waals surface area contributed by atoms with Crippen LogP contribution in [-0.4, -0.2) is 40.2 Å². The van der Waals surface area contributed by atoms with Crippen LogP contribution >= 0.6 is 11.6 Å². The van der Waals surface area contributed by atoms with E-state index < -0.39 is 23.2 Å². The van der Waals surface area contributed by atoms with Crippen molar-refractivity contribution < 1.29 is 18.0 Å². The molecule has 1 amide bonds. The Labute approximate surface area is 181 Å². The summed E-state index contributed by atoms with van der Waals surface area (Å²) >= 11 is 5.67. The van der Waals surface area contributed by atoms with Crippen LogP contribution in [0.2, 0.25) is 5.15 Å². The van der Waals surface area contributed by atoms with Gasteiger partial charge in [0.25, 0.3) is 5.91 Å². The predicted molar refractivity (Wildman–Crippen MR) is 107 cm³/mol. The molecule has 0 aromatic carbocycles. The number of amides is 1. The Morgan fingerprint density at radius 2 is 2.00 bits per heavy atom. The summed E-state index contributed by atoms with van der Waals surface area (Å²) in [5.74, 6) is -0.297. The van der Waals surface area contributed by atoms with Crippen LogP contribution in [0.5, 0.6) is 0 Å². The third kappa shape index (κ3) is 8.68. The molecule has 0 fully saturated rings. The lowest BCUT2D eigenvalue weighted by Crippen LogP contribution is -2.26. The number of carbonyl (C=O) groups excluding carboxylic acids is 1. The number of alkyl halides is 3. The minimum Gasteiger partial charge on any atom is -0.358 e. The van der Waals surface area contributed by atoms with Crippen molar-refractivity contribution in [3.05, 3.63) is 58.6 Å². The van der Waals surface area contributed by atoms with Crippen LogP contribution in [0.4, 0.5) is 13.2 Å². The Bertz CT molecular complexity index is 995. The number of aliphatic imine (C=N–C) groups is 1. The first-order valence-electron chi connectivity index (χ1n) is 8.51. The number of nitriles is 2. The summed E-state index contributed by atoms with van der Waals surface area (Å²) in [5.41, 5.74) is -0.641. The molecule has 0 saturated heterocycles. The van der Waals surface area contributed by atoms with Gasteiger partial charge in [0.05, 0.1) is 17.2 Å². The molecule has 0 bridgehead atoms. The number of amidine groups is 1. The summed E-state index contributed by atoms with van der Waals surface area (Å²) in [7, 11) is 1.87. The van der Waals surface area contributed by atoms with Gasteiger partial charge in [0, 0.05) is 32.2 Å². The molecule has 0 atom stereocenters. The largest absolute Gasteiger partial charge is 0.417 e. The second-order valence-electron chi connectivity index (χ2n) is 5.86. The minimum absolute atomic E-state index is 0.356. The molecule has 0 saturated carbocycles. The lowest BCUT2D eigenvalue weighted by Gasteiger charge is -2.17. The van der Waals surface area contributed by atoms with Gasteiger partial charge in [0.15, 0.2) is 0 Å². The van der Waals surface area contributed by atoms with Gasteiger partial charge in [0.2, 0.25) is 6.19 Å². The smallest absolute Gasteiger partial charge is 0.358 e. The molecule has 0 spiro atoms. The fraction of sp³-hybridized carbons (Fsp3) is 0.263. The lowest BCUT2D eigenvalue weighted by molar-refractivity contribution is -0.138. The topological polar surface area (TPSA) is 118 Å². The Morgan fingerprint density at radius 3 is 2.55 bits per heavy atom. The molecule has 2 heterocycles. The molecule has 0 radical (unpaired) electrons. The Kier molecular flexibility index (Phi) is 9.89. The third-order valence-electron chi connectivity index (χ3n) is 3.67. The van der Waals surface area contributed by atoms with E-state index in [-0.39, 0.29) is 6.54 Å². The molecule has 0 aliphatic rings. The second kappa shape index (κ2) is 12.1. The van der Waals surface area contributed by atoms with Crippen molar-refractivity contribution in [3.63, 3.8) is 0 Å². The lowest BCUT2D eigenvalue weighted by atomic mass is 10.1. The van der Waals surface area contributed by atoms with E-state index in [4.69, 9.17) is 22.1 Å². The SMILES string of the molecule is C/C(=N\C#N)N(C)Cc1ccc(Cl)nc1.N#CCNC(=O)c1cnccc1C(F)(F)F. The average Bonchev–Trinajstić information content (AvgIpc) is 2.73. The fourth-order valence-electron chi connectivity index (χ4n) is 2.08. The van der Waals surface area contributed by atoms with Gasteiger partial charge in [0.1, 0.15) is 17.5 Å². The van der Waals surface area contributed by atoms with E-state index in [0.29, 0.717) is 23.6 Å². The standard InChI is InChI=1S/C10H11ClN4.C9H6F3N3O/c1-8(14-7-12)15(2)6-9-3-4-10(11)13-5-9;10-9(11,12)7-1-3-14-5-6(7)8(16)15-4-2-13/h3-5H,6H2,1-2H3;1,3,5H,4H2,(H,15,16)/b14-8+;. The molecular weight excluding hydrogens is 435 g/mol. The van der Waals surface area contributed by atoms with E-state index in [2.05, 4.69) is 15.0 Å². The van der Waals surface area contributed by atoms with E-state index in [1.54, 1.807) is 31.4 Å². The van der Waals surface area contributed by atoms with Crippen LogP contribution in [0.1, 0.15) is 28.4 Å². The first-order chi connectivity index (χ1) is 14.6. The number of halogens is 4. The number of carbonyl (C=O) groups is 1. The molecule has 0 aliphatic heterocycles. The Balaban J connectivity index is 0.000000311. The van der Waals surface area contributed by atoms with Gasteiger partial charge in [-0.25, -0.2) is 4.98 Å². The molecule has 1 N–H and O–H groups in total. The van der Waals surface area contributed by atoms with Crippen LogP contribution in [-0.2, 0) is 12.7 Å². The van der Waals surface area contributed by atoms with E-state index in [9.17, 15) is 18.0 Å². The summed E-state index contributed by atoms with van der Waals surface area (Å²) in [5, 5.41) is 19.1. The van der Waals surface area contributed by atoms with Gasteiger partial charge in [-0.3, -0.25) is 9.78 Å².